The molecular formula is C22H31N3O3S. The number of carbonyl (C=O) groups excluding carboxylic acids is 1. The van der Waals surface area contributed by atoms with E-state index in [0.717, 1.165) is 27.9 Å². The maximum atomic E-state index is 12.6. The van der Waals surface area contributed by atoms with Crippen LogP contribution >= 0.6 is 0 Å². The highest BCUT2D eigenvalue weighted by atomic mass is 32.2. The lowest BCUT2D eigenvalue weighted by atomic mass is 9.90. The van der Waals surface area contributed by atoms with Gasteiger partial charge in [0, 0.05) is 17.6 Å². The molecule has 2 aromatic rings. The zero-order valence-corrected chi connectivity index (χ0v) is 19.1. The number of urea groups is 1. The molecule has 0 fully saturated rings. The summed E-state index contributed by atoms with van der Waals surface area (Å²) in [5.41, 5.74) is 5.97. The number of benzene rings is 1. The number of pyridine rings is 1. The molecule has 0 aliphatic heterocycles. The fourth-order valence-corrected chi connectivity index (χ4v) is 4.41. The molecule has 6 nitrogen and oxygen atoms in total. The monoisotopic (exact) mass is 417 g/mol. The summed E-state index contributed by atoms with van der Waals surface area (Å²) >= 11 is 0. The summed E-state index contributed by atoms with van der Waals surface area (Å²) in [6.45, 7) is 13.9. The quantitative estimate of drug-likeness (QED) is 0.699. The van der Waals surface area contributed by atoms with Crippen molar-refractivity contribution >= 4 is 21.7 Å². The van der Waals surface area contributed by atoms with Crippen LogP contribution in [-0.4, -0.2) is 19.4 Å². The second kappa shape index (κ2) is 8.95. The number of nitrogens with zero attached hydrogens (tertiary/aromatic N) is 1. The number of aryl methyl sites for hydroxylation is 3. The lowest BCUT2D eigenvalue weighted by Gasteiger charge is -2.21. The van der Waals surface area contributed by atoms with Crippen molar-refractivity contribution in [3.63, 3.8) is 0 Å². The van der Waals surface area contributed by atoms with Crippen molar-refractivity contribution < 1.29 is 13.2 Å². The van der Waals surface area contributed by atoms with E-state index in [1.54, 1.807) is 0 Å². The Labute approximate surface area is 174 Å². The molecule has 0 radical (unpaired) electrons. The highest BCUT2D eigenvalue weighted by Gasteiger charge is 2.21. The van der Waals surface area contributed by atoms with Gasteiger partial charge in [-0.2, -0.15) is 0 Å². The van der Waals surface area contributed by atoms with Gasteiger partial charge in [0.1, 0.15) is 0 Å². The Morgan fingerprint density at radius 2 is 1.55 bits per heavy atom. The SMILES string of the molecule is Cc1cc(C(C)C)c(NC(=O)NS(=O)(=O)Cc2cnc(C)cc2C)c(C(C)C)c1. The van der Waals surface area contributed by atoms with Crippen molar-refractivity contribution in [2.24, 2.45) is 0 Å². The first-order valence-corrected chi connectivity index (χ1v) is 11.4. The normalized spacial score (nSPS) is 11.8. The largest absolute Gasteiger partial charge is 0.332 e. The summed E-state index contributed by atoms with van der Waals surface area (Å²) in [4.78, 5) is 16.7. The number of sulfonamides is 1. The molecule has 1 heterocycles. The van der Waals surface area contributed by atoms with Gasteiger partial charge in [0.15, 0.2) is 0 Å². The third-order valence-electron chi connectivity index (χ3n) is 4.78. The molecule has 0 aliphatic carbocycles. The highest BCUT2D eigenvalue weighted by Crippen LogP contribution is 2.33. The molecule has 2 N–H and O–H groups in total. The molecule has 158 valence electrons. The number of carbonyl (C=O) groups is 1. The first kappa shape index (κ1) is 22.9. The van der Waals surface area contributed by atoms with Crippen LogP contribution in [0.15, 0.2) is 24.4 Å². The van der Waals surface area contributed by atoms with Gasteiger partial charge in [-0.15, -0.1) is 0 Å². The van der Waals surface area contributed by atoms with E-state index in [2.05, 4.69) is 15.0 Å². The van der Waals surface area contributed by atoms with E-state index in [4.69, 9.17) is 0 Å². The molecule has 0 atom stereocenters. The number of anilines is 1. The predicted octanol–water partition coefficient (Wildman–Crippen LogP) is 4.91. The molecule has 0 aliphatic rings. The summed E-state index contributed by atoms with van der Waals surface area (Å²) in [6.07, 6.45) is 1.54. The fraction of sp³-hybridized carbons (Fsp3) is 0.455. The van der Waals surface area contributed by atoms with E-state index in [1.807, 2.05) is 66.7 Å². The zero-order valence-electron chi connectivity index (χ0n) is 18.3. The van der Waals surface area contributed by atoms with Crippen LogP contribution in [0.5, 0.6) is 0 Å². The Bertz CT molecular complexity index is 983. The summed E-state index contributed by atoms with van der Waals surface area (Å²) < 4.78 is 27.2. The van der Waals surface area contributed by atoms with Crippen molar-refractivity contribution in [3.8, 4) is 0 Å². The number of nitrogens with one attached hydrogen (secondary N) is 2. The molecule has 0 spiro atoms. The number of amides is 2. The van der Waals surface area contributed by atoms with Gasteiger partial charge in [-0.3, -0.25) is 4.98 Å². The minimum absolute atomic E-state index is 0.181. The van der Waals surface area contributed by atoms with Crippen LogP contribution in [0.1, 0.15) is 73.0 Å². The van der Waals surface area contributed by atoms with Crippen molar-refractivity contribution in [2.45, 2.75) is 66.1 Å². The lowest BCUT2D eigenvalue weighted by Crippen LogP contribution is -2.36. The van der Waals surface area contributed by atoms with Gasteiger partial charge in [0.2, 0.25) is 10.0 Å². The van der Waals surface area contributed by atoms with Gasteiger partial charge < -0.3 is 5.32 Å². The van der Waals surface area contributed by atoms with Crippen LogP contribution in [0.2, 0.25) is 0 Å². The van der Waals surface area contributed by atoms with E-state index in [0.29, 0.717) is 11.3 Å². The van der Waals surface area contributed by atoms with Crippen LogP contribution < -0.4 is 10.0 Å². The third kappa shape index (κ3) is 6.03. The van der Waals surface area contributed by atoms with Gasteiger partial charge in [-0.05, 0) is 60.9 Å². The Balaban J connectivity index is 2.26. The van der Waals surface area contributed by atoms with Crippen LogP contribution in [0.25, 0.3) is 0 Å². The number of hydrogen-bond donors (Lipinski definition) is 2. The fourth-order valence-electron chi connectivity index (χ4n) is 3.30. The number of hydrogen-bond acceptors (Lipinski definition) is 4. The Morgan fingerprint density at radius 3 is 2.03 bits per heavy atom. The lowest BCUT2D eigenvalue weighted by molar-refractivity contribution is 0.256. The molecule has 0 unspecified atom stereocenters. The summed E-state index contributed by atoms with van der Waals surface area (Å²) in [7, 11) is -3.87. The van der Waals surface area contributed by atoms with E-state index >= 15 is 0 Å². The van der Waals surface area contributed by atoms with Crippen molar-refractivity contribution in [2.75, 3.05) is 5.32 Å². The second-order valence-electron chi connectivity index (χ2n) is 8.20. The smallest absolute Gasteiger partial charge is 0.307 e. The summed E-state index contributed by atoms with van der Waals surface area (Å²) in [5, 5.41) is 2.79. The molecule has 2 rings (SSSR count). The van der Waals surface area contributed by atoms with Gasteiger partial charge in [0.25, 0.3) is 0 Å². The van der Waals surface area contributed by atoms with Crippen LogP contribution in [0.4, 0.5) is 10.5 Å². The third-order valence-corrected chi connectivity index (χ3v) is 5.96. The minimum atomic E-state index is -3.87. The molecule has 0 saturated heterocycles. The molecule has 29 heavy (non-hydrogen) atoms. The first-order chi connectivity index (χ1) is 13.4. The molecule has 0 bridgehead atoms. The van der Waals surface area contributed by atoms with Gasteiger partial charge in [-0.1, -0.05) is 45.4 Å². The van der Waals surface area contributed by atoms with Gasteiger partial charge in [0.05, 0.1) is 5.75 Å². The van der Waals surface area contributed by atoms with Crippen LogP contribution in [0.3, 0.4) is 0 Å². The average Bonchev–Trinajstić information content (AvgIpc) is 2.57. The molecular weight excluding hydrogens is 386 g/mol. The van der Waals surface area contributed by atoms with E-state index in [9.17, 15) is 13.2 Å². The molecule has 1 aromatic carbocycles. The Morgan fingerprint density at radius 1 is 1.00 bits per heavy atom. The topological polar surface area (TPSA) is 88.2 Å². The van der Waals surface area contributed by atoms with Crippen molar-refractivity contribution in [1.82, 2.24) is 9.71 Å². The highest BCUT2D eigenvalue weighted by molar-refractivity contribution is 7.89. The van der Waals surface area contributed by atoms with Gasteiger partial charge in [-0.25, -0.2) is 17.9 Å². The molecule has 0 saturated carbocycles. The van der Waals surface area contributed by atoms with E-state index in [1.165, 1.54) is 6.20 Å². The number of rotatable bonds is 6. The molecule has 7 heteroatoms. The van der Waals surface area contributed by atoms with E-state index in [-0.39, 0.29) is 17.6 Å². The second-order valence-corrected chi connectivity index (χ2v) is 9.92. The van der Waals surface area contributed by atoms with E-state index < -0.39 is 16.1 Å². The maximum absolute atomic E-state index is 12.6. The Kier molecular flexibility index (Phi) is 7.06. The minimum Gasteiger partial charge on any atom is -0.307 e. The molecule has 1 aromatic heterocycles. The van der Waals surface area contributed by atoms with Crippen molar-refractivity contribution in [1.29, 1.82) is 0 Å². The standard InChI is InChI=1S/C22H31N3O3S/c1-13(2)19-8-15(5)9-20(14(3)4)21(19)24-22(26)25-29(27,28)12-18-11-23-17(7)10-16(18)6/h8-11,13-14H,12H2,1-7H3,(H2,24,25,26). The average molecular weight is 418 g/mol. The Hall–Kier alpha value is -2.41. The van der Waals surface area contributed by atoms with Crippen molar-refractivity contribution in [3.05, 3.63) is 57.9 Å². The summed E-state index contributed by atoms with van der Waals surface area (Å²) in [5.74, 6) is 0.0581. The van der Waals surface area contributed by atoms with Crippen LogP contribution in [-0.2, 0) is 15.8 Å². The summed E-state index contributed by atoms with van der Waals surface area (Å²) in [6, 6.07) is 5.13. The maximum Gasteiger partial charge on any atom is 0.332 e. The first-order valence-electron chi connectivity index (χ1n) is 9.77. The predicted molar refractivity (Wildman–Crippen MR) is 118 cm³/mol. The van der Waals surface area contributed by atoms with Gasteiger partial charge >= 0.3 is 6.03 Å². The molecule has 2 amide bonds. The number of aromatic nitrogens is 1. The van der Waals surface area contributed by atoms with Crippen LogP contribution in [0, 0.1) is 20.8 Å². The zero-order chi connectivity index (χ0) is 21.9.